The van der Waals surface area contributed by atoms with Gasteiger partial charge in [0.2, 0.25) is 0 Å². The van der Waals surface area contributed by atoms with Gasteiger partial charge in [-0.25, -0.2) is 0 Å². The predicted octanol–water partition coefficient (Wildman–Crippen LogP) is 1.53. The zero-order valence-electron chi connectivity index (χ0n) is 9.31. The molecule has 0 amide bonds. The Labute approximate surface area is 94.9 Å². The van der Waals surface area contributed by atoms with Crippen LogP contribution in [0.1, 0.15) is 24.2 Å². The zero-order chi connectivity index (χ0) is 10.8. The van der Waals surface area contributed by atoms with Gasteiger partial charge in [0.05, 0.1) is 11.8 Å². The third kappa shape index (κ3) is 2.55. The summed E-state index contributed by atoms with van der Waals surface area (Å²) < 4.78 is 1.87. The van der Waals surface area contributed by atoms with Gasteiger partial charge in [-0.15, -0.1) is 0 Å². The zero-order valence-corrected chi connectivity index (χ0v) is 10.1. The Morgan fingerprint density at radius 1 is 1.73 bits per heavy atom. The monoisotopic (exact) mass is 226 g/mol. The number of thioether (sulfide) groups is 1. The van der Waals surface area contributed by atoms with Gasteiger partial charge in [-0.05, 0) is 31.6 Å². The highest BCUT2D eigenvalue weighted by Crippen LogP contribution is 2.30. The number of aromatic nitrogens is 2. The SMILES string of the molecule is Cc1cc(CC(O)C2CCCS2)n(C)n1. The largest absolute Gasteiger partial charge is 0.392 e. The molecule has 0 bridgehead atoms. The summed E-state index contributed by atoms with van der Waals surface area (Å²) in [7, 11) is 1.94. The number of aryl methyl sites for hydroxylation is 2. The van der Waals surface area contributed by atoms with Crippen LogP contribution in [0.25, 0.3) is 0 Å². The highest BCUT2D eigenvalue weighted by atomic mass is 32.2. The Hall–Kier alpha value is -0.480. The van der Waals surface area contributed by atoms with Crippen molar-refractivity contribution in [1.29, 1.82) is 0 Å². The average molecular weight is 226 g/mol. The molecule has 1 fully saturated rings. The smallest absolute Gasteiger partial charge is 0.0713 e. The van der Waals surface area contributed by atoms with E-state index >= 15 is 0 Å². The van der Waals surface area contributed by atoms with Crippen LogP contribution in [0.3, 0.4) is 0 Å². The van der Waals surface area contributed by atoms with Crippen molar-refractivity contribution in [3.8, 4) is 0 Å². The fourth-order valence-electron chi connectivity index (χ4n) is 2.11. The molecule has 15 heavy (non-hydrogen) atoms. The number of hydrogen-bond acceptors (Lipinski definition) is 3. The van der Waals surface area contributed by atoms with E-state index in [1.165, 1.54) is 12.2 Å². The fraction of sp³-hybridized carbons (Fsp3) is 0.727. The van der Waals surface area contributed by atoms with Gasteiger partial charge < -0.3 is 5.11 Å². The highest BCUT2D eigenvalue weighted by molar-refractivity contribution is 8.00. The number of rotatable bonds is 3. The van der Waals surface area contributed by atoms with Crippen LogP contribution in [-0.2, 0) is 13.5 Å². The molecule has 0 radical (unpaired) electrons. The third-order valence-electron chi connectivity index (χ3n) is 2.91. The van der Waals surface area contributed by atoms with Crippen molar-refractivity contribution in [3.05, 3.63) is 17.5 Å². The Morgan fingerprint density at radius 3 is 3.07 bits per heavy atom. The van der Waals surface area contributed by atoms with Crippen LogP contribution >= 0.6 is 11.8 Å². The van der Waals surface area contributed by atoms with Crippen LogP contribution in [0, 0.1) is 6.92 Å². The van der Waals surface area contributed by atoms with Gasteiger partial charge in [0.15, 0.2) is 0 Å². The first-order valence-corrected chi connectivity index (χ1v) is 6.51. The molecule has 1 saturated heterocycles. The van der Waals surface area contributed by atoms with E-state index in [-0.39, 0.29) is 6.10 Å². The minimum atomic E-state index is -0.215. The molecule has 0 spiro atoms. The summed E-state index contributed by atoms with van der Waals surface area (Å²) in [5.41, 5.74) is 2.16. The summed E-state index contributed by atoms with van der Waals surface area (Å²) in [5, 5.41) is 14.8. The summed E-state index contributed by atoms with van der Waals surface area (Å²) in [6, 6.07) is 2.06. The molecule has 1 N–H and O–H groups in total. The molecule has 2 heterocycles. The first kappa shape index (κ1) is 11.0. The molecule has 2 atom stereocenters. The van der Waals surface area contributed by atoms with Crippen molar-refractivity contribution in [2.45, 2.75) is 37.5 Å². The molecule has 1 aromatic rings. The Morgan fingerprint density at radius 2 is 2.53 bits per heavy atom. The molecular formula is C11H18N2OS. The minimum absolute atomic E-state index is 0.215. The van der Waals surface area contributed by atoms with E-state index in [0.29, 0.717) is 5.25 Å². The van der Waals surface area contributed by atoms with Crippen molar-refractivity contribution in [2.75, 3.05) is 5.75 Å². The predicted molar refractivity (Wildman–Crippen MR) is 63.1 cm³/mol. The quantitative estimate of drug-likeness (QED) is 0.849. The average Bonchev–Trinajstić information content (AvgIpc) is 2.76. The lowest BCUT2D eigenvalue weighted by molar-refractivity contribution is 0.168. The topological polar surface area (TPSA) is 38.0 Å². The molecule has 3 nitrogen and oxygen atoms in total. The van der Waals surface area contributed by atoms with Gasteiger partial charge in [-0.2, -0.15) is 16.9 Å². The van der Waals surface area contributed by atoms with Gasteiger partial charge in [-0.3, -0.25) is 4.68 Å². The molecule has 84 valence electrons. The molecule has 1 aliphatic heterocycles. The van der Waals surface area contributed by atoms with E-state index in [2.05, 4.69) is 11.2 Å². The molecule has 4 heteroatoms. The van der Waals surface area contributed by atoms with Crippen LogP contribution in [0.4, 0.5) is 0 Å². The van der Waals surface area contributed by atoms with Crippen molar-refractivity contribution in [3.63, 3.8) is 0 Å². The Balaban J connectivity index is 1.98. The Kier molecular flexibility index (Phi) is 3.36. The molecule has 2 rings (SSSR count). The van der Waals surface area contributed by atoms with Crippen LogP contribution in [0.5, 0.6) is 0 Å². The molecule has 0 saturated carbocycles. The molecule has 0 aromatic carbocycles. The van der Waals surface area contributed by atoms with Crippen LogP contribution in [0.15, 0.2) is 6.07 Å². The van der Waals surface area contributed by atoms with E-state index in [1.54, 1.807) is 0 Å². The van der Waals surface area contributed by atoms with Gasteiger partial charge in [-0.1, -0.05) is 0 Å². The van der Waals surface area contributed by atoms with Gasteiger partial charge in [0.1, 0.15) is 0 Å². The van der Waals surface area contributed by atoms with Crippen LogP contribution < -0.4 is 0 Å². The van der Waals surface area contributed by atoms with Crippen molar-refractivity contribution < 1.29 is 5.11 Å². The summed E-state index contributed by atoms with van der Waals surface area (Å²) in [6.07, 6.45) is 2.92. The maximum Gasteiger partial charge on any atom is 0.0713 e. The molecular weight excluding hydrogens is 208 g/mol. The van der Waals surface area contributed by atoms with Gasteiger partial charge in [0.25, 0.3) is 0 Å². The first-order chi connectivity index (χ1) is 7.16. The normalized spacial score (nSPS) is 23.3. The summed E-state index contributed by atoms with van der Waals surface area (Å²) in [6.45, 7) is 1.99. The van der Waals surface area contributed by atoms with E-state index in [4.69, 9.17) is 0 Å². The standard InChI is InChI=1S/C11H18N2OS/c1-8-6-9(13(2)12-8)7-10(14)11-4-3-5-15-11/h6,10-11,14H,3-5,7H2,1-2H3. The number of nitrogens with zero attached hydrogens (tertiary/aromatic N) is 2. The molecule has 1 aliphatic rings. The van der Waals surface area contributed by atoms with Crippen molar-refractivity contribution in [2.24, 2.45) is 7.05 Å². The molecule has 1 aromatic heterocycles. The van der Waals surface area contributed by atoms with E-state index in [0.717, 1.165) is 24.2 Å². The minimum Gasteiger partial charge on any atom is -0.392 e. The van der Waals surface area contributed by atoms with E-state index in [1.807, 2.05) is 30.4 Å². The lowest BCUT2D eigenvalue weighted by Crippen LogP contribution is -2.24. The molecule has 0 aliphatic carbocycles. The maximum atomic E-state index is 10.1. The van der Waals surface area contributed by atoms with Crippen molar-refractivity contribution >= 4 is 11.8 Å². The van der Waals surface area contributed by atoms with E-state index < -0.39 is 0 Å². The second-order valence-electron chi connectivity index (χ2n) is 4.22. The van der Waals surface area contributed by atoms with Gasteiger partial charge in [0, 0.05) is 24.4 Å². The van der Waals surface area contributed by atoms with Gasteiger partial charge >= 0.3 is 0 Å². The second kappa shape index (κ2) is 4.58. The number of hydrogen-bond donors (Lipinski definition) is 1. The summed E-state index contributed by atoms with van der Waals surface area (Å²) in [5.74, 6) is 1.20. The lowest BCUT2D eigenvalue weighted by Gasteiger charge is -2.16. The Bertz CT molecular complexity index is 331. The third-order valence-corrected chi connectivity index (χ3v) is 4.41. The fourth-order valence-corrected chi connectivity index (χ4v) is 3.39. The lowest BCUT2D eigenvalue weighted by atomic mass is 10.1. The molecule has 2 unspecified atom stereocenters. The summed E-state index contributed by atoms with van der Waals surface area (Å²) >= 11 is 1.90. The number of aliphatic hydroxyl groups is 1. The first-order valence-electron chi connectivity index (χ1n) is 5.46. The van der Waals surface area contributed by atoms with Crippen molar-refractivity contribution in [1.82, 2.24) is 9.78 Å². The number of aliphatic hydroxyl groups excluding tert-OH is 1. The van der Waals surface area contributed by atoms with Crippen LogP contribution in [0.2, 0.25) is 0 Å². The second-order valence-corrected chi connectivity index (χ2v) is 5.57. The van der Waals surface area contributed by atoms with Crippen LogP contribution in [-0.4, -0.2) is 32.0 Å². The van der Waals surface area contributed by atoms with E-state index in [9.17, 15) is 5.11 Å². The summed E-state index contributed by atoms with van der Waals surface area (Å²) in [4.78, 5) is 0. The maximum absolute atomic E-state index is 10.1. The highest BCUT2D eigenvalue weighted by Gasteiger charge is 2.24.